The highest BCUT2D eigenvalue weighted by molar-refractivity contribution is 5.90. The van der Waals surface area contributed by atoms with Gasteiger partial charge < -0.3 is 16.0 Å². The molecule has 0 radical (unpaired) electrons. The molecule has 4 rings (SSSR count). The van der Waals surface area contributed by atoms with Gasteiger partial charge in [0, 0.05) is 25.4 Å². The fraction of sp³-hybridized carbons (Fsp3) is 0.167. The van der Waals surface area contributed by atoms with Crippen molar-refractivity contribution in [2.45, 2.75) is 13.3 Å². The largest absolute Gasteiger partial charge is 0.368 e. The summed E-state index contributed by atoms with van der Waals surface area (Å²) in [6, 6.07) is 21.6. The maximum absolute atomic E-state index is 12.4. The highest BCUT2D eigenvalue weighted by Crippen LogP contribution is 2.19. The van der Waals surface area contributed by atoms with E-state index >= 15 is 0 Å². The standard InChI is InChI=1S/C24H24N6O/c1-17-28-22(16-23(29-17)30-21-11-4-5-12-25-21)26-13-14-27-24(31)15-19-9-6-8-18-7-2-3-10-20(18)19/h2-12,16H,13-15H2,1H3,(H,27,31)(H2,25,26,28,29,30). The second-order valence-electron chi connectivity index (χ2n) is 7.12. The van der Waals surface area contributed by atoms with E-state index in [0.29, 0.717) is 42.8 Å². The van der Waals surface area contributed by atoms with Crippen molar-refractivity contribution in [2.75, 3.05) is 23.7 Å². The van der Waals surface area contributed by atoms with Gasteiger partial charge in [-0.05, 0) is 35.4 Å². The molecule has 2 aromatic carbocycles. The van der Waals surface area contributed by atoms with Gasteiger partial charge in [-0.1, -0.05) is 48.5 Å². The molecule has 31 heavy (non-hydrogen) atoms. The molecule has 0 saturated carbocycles. The zero-order valence-corrected chi connectivity index (χ0v) is 17.3. The van der Waals surface area contributed by atoms with Gasteiger partial charge in [-0.25, -0.2) is 15.0 Å². The summed E-state index contributed by atoms with van der Waals surface area (Å²) in [7, 11) is 0. The molecule has 0 fully saturated rings. The van der Waals surface area contributed by atoms with Crippen LogP contribution in [0, 0.1) is 6.92 Å². The fourth-order valence-electron chi connectivity index (χ4n) is 3.36. The van der Waals surface area contributed by atoms with E-state index in [2.05, 4.69) is 43.0 Å². The predicted octanol–water partition coefficient (Wildman–Crippen LogP) is 3.85. The summed E-state index contributed by atoms with van der Waals surface area (Å²) in [6.45, 7) is 2.89. The number of fused-ring (bicyclic) bond motifs is 1. The summed E-state index contributed by atoms with van der Waals surface area (Å²) < 4.78 is 0. The molecule has 7 heteroatoms. The van der Waals surface area contributed by atoms with Gasteiger partial charge in [-0.15, -0.1) is 0 Å². The van der Waals surface area contributed by atoms with Crippen LogP contribution in [0.25, 0.3) is 10.8 Å². The predicted molar refractivity (Wildman–Crippen MR) is 123 cm³/mol. The van der Waals surface area contributed by atoms with Gasteiger partial charge in [0.15, 0.2) is 0 Å². The lowest BCUT2D eigenvalue weighted by Crippen LogP contribution is -2.30. The molecule has 0 saturated heterocycles. The molecular formula is C24H24N6O. The van der Waals surface area contributed by atoms with Gasteiger partial charge in [-0.3, -0.25) is 4.79 Å². The first kappa shape index (κ1) is 20.3. The van der Waals surface area contributed by atoms with Crippen molar-refractivity contribution in [1.82, 2.24) is 20.3 Å². The van der Waals surface area contributed by atoms with E-state index in [1.165, 1.54) is 0 Å². The number of aromatic nitrogens is 3. The van der Waals surface area contributed by atoms with Crippen LogP contribution in [0.3, 0.4) is 0 Å². The molecule has 3 N–H and O–H groups in total. The van der Waals surface area contributed by atoms with Crippen molar-refractivity contribution in [3.05, 3.63) is 84.3 Å². The average molecular weight is 412 g/mol. The number of hydrogen-bond acceptors (Lipinski definition) is 6. The Balaban J connectivity index is 1.29. The van der Waals surface area contributed by atoms with E-state index in [4.69, 9.17) is 0 Å². The summed E-state index contributed by atoms with van der Waals surface area (Å²) in [5.41, 5.74) is 1.03. The van der Waals surface area contributed by atoms with Crippen LogP contribution in [0.15, 0.2) is 72.9 Å². The molecule has 0 aliphatic heterocycles. The Labute approximate surface area is 181 Å². The van der Waals surface area contributed by atoms with Gasteiger partial charge >= 0.3 is 0 Å². The van der Waals surface area contributed by atoms with Crippen molar-refractivity contribution in [3.63, 3.8) is 0 Å². The van der Waals surface area contributed by atoms with E-state index in [0.717, 1.165) is 16.3 Å². The highest BCUT2D eigenvalue weighted by Gasteiger charge is 2.07. The van der Waals surface area contributed by atoms with E-state index in [1.807, 2.05) is 61.5 Å². The van der Waals surface area contributed by atoms with Crippen LogP contribution in [0.2, 0.25) is 0 Å². The third-order valence-electron chi connectivity index (χ3n) is 4.74. The third-order valence-corrected chi connectivity index (χ3v) is 4.74. The van der Waals surface area contributed by atoms with Crippen LogP contribution in [-0.4, -0.2) is 33.9 Å². The number of benzene rings is 2. The average Bonchev–Trinajstić information content (AvgIpc) is 2.77. The molecule has 0 atom stereocenters. The Morgan fingerprint density at radius 1 is 0.871 bits per heavy atom. The molecule has 0 unspecified atom stereocenters. The number of anilines is 3. The van der Waals surface area contributed by atoms with Crippen LogP contribution in [0.1, 0.15) is 11.4 Å². The van der Waals surface area contributed by atoms with Crippen LogP contribution >= 0.6 is 0 Å². The highest BCUT2D eigenvalue weighted by atomic mass is 16.1. The van der Waals surface area contributed by atoms with Crippen molar-refractivity contribution in [2.24, 2.45) is 0 Å². The normalized spacial score (nSPS) is 10.6. The minimum absolute atomic E-state index is 0.00507. The lowest BCUT2D eigenvalue weighted by atomic mass is 10.0. The van der Waals surface area contributed by atoms with Crippen molar-refractivity contribution in [3.8, 4) is 0 Å². The van der Waals surface area contributed by atoms with Crippen LogP contribution < -0.4 is 16.0 Å². The third kappa shape index (κ3) is 5.54. The van der Waals surface area contributed by atoms with Gasteiger partial charge in [0.2, 0.25) is 5.91 Å². The molecule has 0 aliphatic rings. The second-order valence-corrected chi connectivity index (χ2v) is 7.12. The van der Waals surface area contributed by atoms with Gasteiger partial charge in [0.1, 0.15) is 23.3 Å². The summed E-state index contributed by atoms with van der Waals surface area (Å²) in [5, 5.41) is 11.6. The number of aryl methyl sites for hydroxylation is 1. The van der Waals surface area contributed by atoms with E-state index < -0.39 is 0 Å². The Hall–Kier alpha value is -4.00. The number of hydrogen-bond donors (Lipinski definition) is 3. The van der Waals surface area contributed by atoms with Crippen molar-refractivity contribution >= 4 is 34.1 Å². The summed E-state index contributed by atoms with van der Waals surface area (Å²) >= 11 is 0. The van der Waals surface area contributed by atoms with Crippen molar-refractivity contribution < 1.29 is 4.79 Å². The minimum Gasteiger partial charge on any atom is -0.368 e. The smallest absolute Gasteiger partial charge is 0.224 e. The molecule has 0 aliphatic carbocycles. The molecule has 156 valence electrons. The number of amides is 1. The molecule has 7 nitrogen and oxygen atoms in total. The number of carbonyl (C=O) groups is 1. The topological polar surface area (TPSA) is 91.8 Å². The zero-order valence-electron chi connectivity index (χ0n) is 17.3. The SMILES string of the molecule is Cc1nc(NCCNC(=O)Cc2cccc3ccccc23)cc(Nc2ccccn2)n1. The molecule has 0 bridgehead atoms. The van der Waals surface area contributed by atoms with Crippen molar-refractivity contribution in [1.29, 1.82) is 0 Å². The Kier molecular flexibility index (Phi) is 6.32. The van der Waals surface area contributed by atoms with E-state index in [9.17, 15) is 4.79 Å². The molecule has 2 heterocycles. The van der Waals surface area contributed by atoms with E-state index in [-0.39, 0.29) is 5.91 Å². The minimum atomic E-state index is -0.00507. The lowest BCUT2D eigenvalue weighted by Gasteiger charge is -2.11. The number of pyridine rings is 1. The van der Waals surface area contributed by atoms with Gasteiger partial charge in [-0.2, -0.15) is 0 Å². The Morgan fingerprint density at radius 3 is 2.55 bits per heavy atom. The molecule has 4 aromatic rings. The first-order chi connectivity index (χ1) is 15.2. The molecule has 0 spiro atoms. The Bertz CT molecular complexity index is 1170. The Morgan fingerprint density at radius 2 is 1.68 bits per heavy atom. The first-order valence-corrected chi connectivity index (χ1v) is 10.2. The number of carbonyl (C=O) groups excluding carboxylic acids is 1. The number of nitrogens with zero attached hydrogens (tertiary/aromatic N) is 3. The van der Waals surface area contributed by atoms with Crippen LogP contribution in [0.4, 0.5) is 17.5 Å². The first-order valence-electron chi connectivity index (χ1n) is 10.2. The molecule has 1 amide bonds. The van der Waals surface area contributed by atoms with Crippen LogP contribution in [-0.2, 0) is 11.2 Å². The molecule has 2 aromatic heterocycles. The molecular weight excluding hydrogens is 388 g/mol. The zero-order chi connectivity index (χ0) is 21.5. The maximum Gasteiger partial charge on any atom is 0.224 e. The van der Waals surface area contributed by atoms with Gasteiger partial charge in [0.05, 0.1) is 6.42 Å². The number of nitrogens with one attached hydrogen (secondary N) is 3. The number of rotatable bonds is 8. The maximum atomic E-state index is 12.4. The summed E-state index contributed by atoms with van der Waals surface area (Å²) in [4.78, 5) is 25.4. The quantitative estimate of drug-likeness (QED) is 0.381. The second kappa shape index (κ2) is 9.67. The monoisotopic (exact) mass is 412 g/mol. The van der Waals surface area contributed by atoms with E-state index in [1.54, 1.807) is 6.20 Å². The summed E-state index contributed by atoms with van der Waals surface area (Å²) in [5.74, 6) is 2.70. The van der Waals surface area contributed by atoms with Gasteiger partial charge in [0.25, 0.3) is 0 Å². The van der Waals surface area contributed by atoms with Crippen LogP contribution in [0.5, 0.6) is 0 Å². The summed E-state index contributed by atoms with van der Waals surface area (Å²) in [6.07, 6.45) is 2.07. The lowest BCUT2D eigenvalue weighted by molar-refractivity contribution is -0.120. The fourth-order valence-corrected chi connectivity index (χ4v) is 3.36.